The number of hydrogen-bond acceptors (Lipinski definition) is 1. The minimum atomic E-state index is -5.71. The molecule has 0 saturated carbocycles. The zero-order chi connectivity index (χ0) is 16.4. The van der Waals surface area contributed by atoms with Crippen molar-refractivity contribution in [1.82, 2.24) is 5.32 Å². The van der Waals surface area contributed by atoms with Crippen LogP contribution in [0.4, 0.5) is 35.1 Å². The summed E-state index contributed by atoms with van der Waals surface area (Å²) in [6.07, 6.45) is -11.4. The third-order valence-corrected chi connectivity index (χ3v) is 2.77. The highest BCUT2D eigenvalue weighted by molar-refractivity contribution is 5.25. The van der Waals surface area contributed by atoms with Gasteiger partial charge in [0.25, 0.3) is 0 Å². The molecule has 0 aliphatic rings. The van der Waals surface area contributed by atoms with Gasteiger partial charge < -0.3 is 5.32 Å². The van der Waals surface area contributed by atoms with Gasteiger partial charge in [0.1, 0.15) is 11.6 Å². The monoisotopic (exact) mass is 321 g/mol. The second-order valence-electron chi connectivity index (χ2n) is 4.23. The molecule has 1 atom stereocenters. The Labute approximate surface area is 114 Å². The molecule has 0 bridgehead atoms. The molecule has 1 aromatic carbocycles. The number of benzene rings is 1. The predicted molar refractivity (Wildman–Crippen MR) is 58.4 cm³/mol. The molecule has 0 amide bonds. The summed E-state index contributed by atoms with van der Waals surface area (Å²) in [5.41, 5.74) is -1.28. The summed E-state index contributed by atoms with van der Waals surface area (Å²) in [5, 5.41) is 1.87. The number of alkyl halides is 6. The summed E-state index contributed by atoms with van der Waals surface area (Å²) in [6.45, 7) is 0.899. The molecule has 0 spiro atoms. The van der Waals surface area contributed by atoms with E-state index in [-0.39, 0.29) is 6.54 Å². The minimum absolute atomic E-state index is 0.332. The van der Waals surface area contributed by atoms with Gasteiger partial charge in [-0.3, -0.25) is 0 Å². The van der Waals surface area contributed by atoms with Gasteiger partial charge in [0.15, 0.2) is 5.92 Å². The van der Waals surface area contributed by atoms with Crippen LogP contribution >= 0.6 is 0 Å². The van der Waals surface area contributed by atoms with Gasteiger partial charge in [0.2, 0.25) is 0 Å². The molecule has 0 fully saturated rings. The molecular weight excluding hydrogens is 310 g/mol. The van der Waals surface area contributed by atoms with E-state index in [0.717, 1.165) is 6.07 Å². The molecule has 0 aromatic heterocycles. The van der Waals surface area contributed by atoms with Gasteiger partial charge in [-0.1, -0.05) is 13.0 Å². The molecule has 0 aliphatic carbocycles. The molecule has 21 heavy (non-hydrogen) atoms. The third kappa shape index (κ3) is 4.05. The first kappa shape index (κ1) is 17.7. The Morgan fingerprint density at radius 3 is 1.71 bits per heavy atom. The van der Waals surface area contributed by atoms with E-state index in [9.17, 15) is 35.1 Å². The molecule has 0 heterocycles. The Morgan fingerprint density at radius 1 is 0.952 bits per heavy atom. The molecule has 1 nitrogen and oxygen atoms in total. The van der Waals surface area contributed by atoms with Crippen molar-refractivity contribution < 1.29 is 35.1 Å². The van der Waals surface area contributed by atoms with Crippen LogP contribution in [0.1, 0.15) is 18.5 Å². The summed E-state index contributed by atoms with van der Waals surface area (Å²) in [5.74, 6) is -6.87. The quantitative estimate of drug-likeness (QED) is 0.813. The maximum Gasteiger partial charge on any atom is 0.402 e. The Hall–Kier alpha value is -1.38. The van der Waals surface area contributed by atoms with E-state index in [1.54, 1.807) is 0 Å². The predicted octanol–water partition coefficient (Wildman–Crippen LogP) is 4.36. The highest BCUT2D eigenvalue weighted by Crippen LogP contribution is 2.47. The number of hydrogen-bond donors (Lipinski definition) is 1. The van der Waals surface area contributed by atoms with Gasteiger partial charge >= 0.3 is 12.4 Å². The van der Waals surface area contributed by atoms with Gasteiger partial charge in [-0.05, 0) is 18.7 Å². The van der Waals surface area contributed by atoms with E-state index in [0.29, 0.717) is 12.1 Å². The van der Waals surface area contributed by atoms with Crippen LogP contribution in [-0.2, 0) is 0 Å². The van der Waals surface area contributed by atoms with Crippen LogP contribution < -0.4 is 5.32 Å². The van der Waals surface area contributed by atoms with Crippen molar-refractivity contribution in [3.63, 3.8) is 0 Å². The molecular formula is C12H11F8N. The molecule has 1 aromatic rings. The van der Waals surface area contributed by atoms with Crippen LogP contribution in [0.15, 0.2) is 18.2 Å². The van der Waals surface area contributed by atoms with Gasteiger partial charge in [0, 0.05) is 5.56 Å². The summed E-state index contributed by atoms with van der Waals surface area (Å²) in [4.78, 5) is 0. The Balaban J connectivity index is 3.46. The normalized spacial score (nSPS) is 14.6. The smallest absolute Gasteiger partial charge is 0.309 e. The van der Waals surface area contributed by atoms with Gasteiger partial charge in [0.05, 0.1) is 6.04 Å². The summed E-state index contributed by atoms with van der Waals surface area (Å²) < 4.78 is 103. The largest absolute Gasteiger partial charge is 0.402 e. The SMILES string of the molecule is CCNC(c1c(F)cccc1F)C(C(F)(F)F)C(F)(F)F. The Kier molecular flexibility index (Phi) is 5.19. The van der Waals surface area contributed by atoms with Crippen LogP contribution in [0.25, 0.3) is 0 Å². The van der Waals surface area contributed by atoms with Crippen molar-refractivity contribution in [2.24, 2.45) is 5.92 Å². The number of rotatable bonds is 4. The average molecular weight is 321 g/mol. The molecule has 0 aliphatic heterocycles. The fraction of sp³-hybridized carbons (Fsp3) is 0.500. The van der Waals surface area contributed by atoms with E-state index in [2.05, 4.69) is 0 Å². The lowest BCUT2D eigenvalue weighted by Gasteiger charge is -2.31. The van der Waals surface area contributed by atoms with Gasteiger partial charge in [-0.15, -0.1) is 0 Å². The second-order valence-corrected chi connectivity index (χ2v) is 4.23. The van der Waals surface area contributed by atoms with E-state index in [1.165, 1.54) is 6.92 Å². The lowest BCUT2D eigenvalue weighted by Crippen LogP contribution is -2.46. The first-order valence-electron chi connectivity index (χ1n) is 5.80. The zero-order valence-corrected chi connectivity index (χ0v) is 10.6. The average Bonchev–Trinajstić information content (AvgIpc) is 2.24. The van der Waals surface area contributed by atoms with Crippen LogP contribution in [-0.4, -0.2) is 18.9 Å². The maximum atomic E-state index is 13.5. The molecule has 0 radical (unpaired) electrons. The maximum absolute atomic E-state index is 13.5. The van der Waals surface area contributed by atoms with Gasteiger partial charge in [-0.25, -0.2) is 8.78 Å². The lowest BCUT2D eigenvalue weighted by atomic mass is 9.90. The first-order valence-corrected chi connectivity index (χ1v) is 5.80. The van der Waals surface area contributed by atoms with Crippen molar-refractivity contribution in [3.8, 4) is 0 Å². The number of halogens is 8. The van der Waals surface area contributed by atoms with Crippen LogP contribution in [0.5, 0.6) is 0 Å². The fourth-order valence-corrected chi connectivity index (χ4v) is 1.98. The number of nitrogens with one attached hydrogen (secondary N) is 1. The Bertz CT molecular complexity index is 445. The van der Waals surface area contributed by atoms with Crippen LogP contribution in [0, 0.1) is 17.6 Å². The van der Waals surface area contributed by atoms with Crippen molar-refractivity contribution in [3.05, 3.63) is 35.4 Å². The lowest BCUT2D eigenvalue weighted by molar-refractivity contribution is -0.293. The standard InChI is InChI=1S/C12H11F8N/c1-2-21-9(8-6(13)4-3-5-7(8)14)10(11(15,16)17)12(18,19)20/h3-5,9-10,21H,2H2,1H3. The highest BCUT2D eigenvalue weighted by atomic mass is 19.4. The summed E-state index contributed by atoms with van der Waals surface area (Å²) >= 11 is 0. The van der Waals surface area contributed by atoms with Crippen molar-refractivity contribution >= 4 is 0 Å². The zero-order valence-electron chi connectivity index (χ0n) is 10.6. The first-order chi connectivity index (χ1) is 9.50. The molecule has 120 valence electrons. The minimum Gasteiger partial charge on any atom is -0.309 e. The molecule has 0 saturated heterocycles. The fourth-order valence-electron chi connectivity index (χ4n) is 1.98. The van der Waals surface area contributed by atoms with Crippen molar-refractivity contribution in [2.75, 3.05) is 6.54 Å². The summed E-state index contributed by atoms with van der Waals surface area (Å²) in [6, 6.07) is -0.539. The Morgan fingerprint density at radius 2 is 1.38 bits per heavy atom. The van der Waals surface area contributed by atoms with E-state index < -0.39 is 41.5 Å². The van der Waals surface area contributed by atoms with Crippen LogP contribution in [0.3, 0.4) is 0 Å². The summed E-state index contributed by atoms with van der Waals surface area (Å²) in [7, 11) is 0. The third-order valence-electron chi connectivity index (χ3n) is 2.77. The van der Waals surface area contributed by atoms with Crippen molar-refractivity contribution in [1.29, 1.82) is 0 Å². The van der Waals surface area contributed by atoms with E-state index in [4.69, 9.17) is 0 Å². The molecule has 1 unspecified atom stereocenters. The molecule has 1 rings (SSSR count). The second kappa shape index (κ2) is 6.17. The van der Waals surface area contributed by atoms with E-state index in [1.807, 2.05) is 5.32 Å². The highest BCUT2D eigenvalue weighted by Gasteiger charge is 2.61. The van der Waals surface area contributed by atoms with Crippen LogP contribution in [0.2, 0.25) is 0 Å². The van der Waals surface area contributed by atoms with Gasteiger partial charge in [-0.2, -0.15) is 26.3 Å². The van der Waals surface area contributed by atoms with Crippen molar-refractivity contribution in [2.45, 2.75) is 25.3 Å². The van der Waals surface area contributed by atoms with E-state index >= 15 is 0 Å². The molecule has 1 N–H and O–H groups in total. The topological polar surface area (TPSA) is 12.0 Å². The molecule has 9 heteroatoms.